The minimum atomic E-state index is 0.524. The fourth-order valence-electron chi connectivity index (χ4n) is 2.55. The van der Waals surface area contributed by atoms with E-state index in [1.807, 2.05) is 30.3 Å². The Bertz CT molecular complexity index is 882. The fourth-order valence-corrected chi connectivity index (χ4v) is 2.55. The molecule has 3 aromatic rings. The molecule has 0 bridgehead atoms. The lowest BCUT2D eigenvalue weighted by atomic mass is 10.1. The summed E-state index contributed by atoms with van der Waals surface area (Å²) in [6.07, 6.45) is 1.54. The first-order valence-electron chi connectivity index (χ1n) is 8.81. The average molecular weight is 364 g/mol. The maximum Gasteiger partial charge on any atom is 0.135 e. The molecule has 0 amide bonds. The monoisotopic (exact) mass is 364 g/mol. The maximum atomic E-state index is 5.70. The summed E-state index contributed by atoms with van der Waals surface area (Å²) in [6, 6.07) is 15.7. The first-order valence-corrected chi connectivity index (χ1v) is 8.81. The zero-order chi connectivity index (χ0) is 19.1. The van der Waals surface area contributed by atoms with E-state index in [9.17, 15) is 0 Å². The van der Waals surface area contributed by atoms with Crippen LogP contribution in [0.3, 0.4) is 0 Å². The lowest BCUT2D eigenvalue weighted by molar-refractivity contribution is 0.331. The number of hydrogen-bond donors (Lipinski definition) is 2. The molecule has 0 aliphatic rings. The van der Waals surface area contributed by atoms with Crippen LogP contribution in [0.15, 0.2) is 54.9 Å². The van der Waals surface area contributed by atoms with Crippen LogP contribution in [0.1, 0.15) is 11.1 Å². The van der Waals surface area contributed by atoms with Gasteiger partial charge in [0.2, 0.25) is 0 Å². The number of aromatic nitrogens is 2. The van der Waals surface area contributed by atoms with E-state index < -0.39 is 0 Å². The molecule has 0 radical (unpaired) electrons. The molecule has 0 unspecified atom stereocenters. The fraction of sp³-hybridized carbons (Fsp3) is 0.238. The quantitative estimate of drug-likeness (QED) is 0.580. The molecule has 3 rings (SSSR count). The molecule has 0 spiro atoms. The summed E-state index contributed by atoms with van der Waals surface area (Å²) in [5.41, 5.74) is 3.41. The molecule has 1 aromatic heterocycles. The van der Waals surface area contributed by atoms with Crippen molar-refractivity contribution in [1.29, 1.82) is 0 Å². The van der Waals surface area contributed by atoms with Crippen LogP contribution < -0.4 is 20.1 Å². The van der Waals surface area contributed by atoms with Gasteiger partial charge in [0, 0.05) is 11.8 Å². The van der Waals surface area contributed by atoms with Crippen LogP contribution in [-0.4, -0.2) is 30.2 Å². The molecule has 27 heavy (non-hydrogen) atoms. The number of hydrogen-bond acceptors (Lipinski definition) is 6. The second-order valence-corrected chi connectivity index (χ2v) is 6.18. The van der Waals surface area contributed by atoms with Gasteiger partial charge >= 0.3 is 0 Å². The zero-order valence-corrected chi connectivity index (χ0v) is 15.8. The summed E-state index contributed by atoms with van der Waals surface area (Å²) in [5, 5.41) is 6.60. The number of nitrogens with zero attached hydrogens (tertiary/aromatic N) is 2. The van der Waals surface area contributed by atoms with Gasteiger partial charge in [0.15, 0.2) is 0 Å². The summed E-state index contributed by atoms with van der Waals surface area (Å²) < 4.78 is 10.8. The maximum absolute atomic E-state index is 5.70. The Morgan fingerprint density at radius 3 is 2.41 bits per heavy atom. The van der Waals surface area contributed by atoms with Crippen LogP contribution in [-0.2, 0) is 0 Å². The van der Waals surface area contributed by atoms with Gasteiger partial charge in [0.1, 0.15) is 36.1 Å². The van der Waals surface area contributed by atoms with E-state index >= 15 is 0 Å². The second kappa shape index (κ2) is 8.89. The van der Waals surface area contributed by atoms with Gasteiger partial charge in [-0.05, 0) is 55.3 Å². The normalized spacial score (nSPS) is 10.3. The van der Waals surface area contributed by atoms with Gasteiger partial charge in [-0.3, -0.25) is 0 Å². The van der Waals surface area contributed by atoms with Crippen molar-refractivity contribution in [3.63, 3.8) is 0 Å². The summed E-state index contributed by atoms with van der Waals surface area (Å²) in [7, 11) is 1.64. The molecule has 1 heterocycles. The first-order chi connectivity index (χ1) is 13.1. The molecular formula is C21H24N4O2. The Morgan fingerprint density at radius 2 is 1.63 bits per heavy atom. The summed E-state index contributed by atoms with van der Waals surface area (Å²) >= 11 is 0. The molecule has 0 saturated carbocycles. The molecule has 0 aliphatic heterocycles. The standard InChI is InChI=1S/C21H24N4O2/c1-15-4-5-16(2)19(12-15)25-21-13-20(23-14-24-21)22-10-11-27-18-8-6-17(26-3)7-9-18/h4-9,12-14H,10-11H2,1-3H3,(H2,22,23,24,25). The minimum absolute atomic E-state index is 0.524. The molecule has 0 aliphatic carbocycles. The van der Waals surface area contributed by atoms with Crippen LogP contribution in [0.5, 0.6) is 11.5 Å². The third-order valence-electron chi connectivity index (χ3n) is 4.06. The molecule has 0 saturated heterocycles. The molecule has 6 heteroatoms. The van der Waals surface area contributed by atoms with Crippen molar-refractivity contribution in [3.8, 4) is 11.5 Å². The van der Waals surface area contributed by atoms with Gasteiger partial charge in [-0.2, -0.15) is 0 Å². The molecule has 0 fully saturated rings. The Balaban J connectivity index is 1.52. The first kappa shape index (κ1) is 18.5. The number of rotatable bonds is 8. The van der Waals surface area contributed by atoms with Crippen molar-refractivity contribution in [2.45, 2.75) is 13.8 Å². The van der Waals surface area contributed by atoms with Crippen molar-refractivity contribution in [1.82, 2.24) is 9.97 Å². The van der Waals surface area contributed by atoms with E-state index in [0.717, 1.165) is 28.8 Å². The van der Waals surface area contributed by atoms with E-state index in [-0.39, 0.29) is 0 Å². The number of benzene rings is 2. The molecule has 140 valence electrons. The molecule has 2 aromatic carbocycles. The van der Waals surface area contributed by atoms with Crippen LogP contribution in [0, 0.1) is 13.8 Å². The Hall–Kier alpha value is -3.28. The lowest BCUT2D eigenvalue weighted by Crippen LogP contribution is -2.12. The number of aryl methyl sites for hydroxylation is 2. The van der Waals surface area contributed by atoms with Gasteiger partial charge in [-0.15, -0.1) is 0 Å². The number of nitrogens with one attached hydrogen (secondary N) is 2. The van der Waals surface area contributed by atoms with Crippen molar-refractivity contribution < 1.29 is 9.47 Å². The second-order valence-electron chi connectivity index (χ2n) is 6.18. The molecular weight excluding hydrogens is 340 g/mol. The smallest absolute Gasteiger partial charge is 0.135 e. The van der Waals surface area contributed by atoms with E-state index in [1.165, 1.54) is 11.1 Å². The van der Waals surface area contributed by atoms with Crippen molar-refractivity contribution in [2.24, 2.45) is 0 Å². The van der Waals surface area contributed by atoms with Gasteiger partial charge in [0.05, 0.1) is 13.7 Å². The topological polar surface area (TPSA) is 68.3 Å². The zero-order valence-electron chi connectivity index (χ0n) is 15.8. The third kappa shape index (κ3) is 5.34. The molecule has 6 nitrogen and oxygen atoms in total. The van der Waals surface area contributed by atoms with Crippen LogP contribution in [0.2, 0.25) is 0 Å². The number of ether oxygens (including phenoxy) is 2. The predicted molar refractivity (Wildman–Crippen MR) is 108 cm³/mol. The Labute approximate surface area is 159 Å². The van der Waals surface area contributed by atoms with Crippen LogP contribution in [0.4, 0.5) is 17.3 Å². The van der Waals surface area contributed by atoms with Crippen LogP contribution >= 0.6 is 0 Å². The molecule has 2 N–H and O–H groups in total. The highest BCUT2D eigenvalue weighted by molar-refractivity contribution is 5.62. The van der Waals surface area contributed by atoms with Gasteiger partial charge < -0.3 is 20.1 Å². The number of anilines is 3. The summed E-state index contributed by atoms with van der Waals surface area (Å²) in [4.78, 5) is 8.55. The summed E-state index contributed by atoms with van der Waals surface area (Å²) in [5.74, 6) is 3.11. The number of methoxy groups -OCH3 is 1. The van der Waals surface area contributed by atoms with Gasteiger partial charge in [-0.25, -0.2) is 9.97 Å². The van der Waals surface area contributed by atoms with Crippen molar-refractivity contribution in [2.75, 3.05) is 30.9 Å². The van der Waals surface area contributed by atoms with Gasteiger partial charge in [0.25, 0.3) is 0 Å². The highest BCUT2D eigenvalue weighted by Gasteiger charge is 2.03. The van der Waals surface area contributed by atoms with E-state index in [4.69, 9.17) is 9.47 Å². The lowest BCUT2D eigenvalue weighted by Gasteiger charge is -2.11. The highest BCUT2D eigenvalue weighted by atomic mass is 16.5. The van der Waals surface area contributed by atoms with E-state index in [1.54, 1.807) is 13.4 Å². The minimum Gasteiger partial charge on any atom is -0.497 e. The molecule has 0 atom stereocenters. The third-order valence-corrected chi connectivity index (χ3v) is 4.06. The van der Waals surface area contributed by atoms with Crippen molar-refractivity contribution in [3.05, 3.63) is 66.0 Å². The Kier molecular flexibility index (Phi) is 6.10. The summed E-state index contributed by atoms with van der Waals surface area (Å²) in [6.45, 7) is 5.29. The van der Waals surface area contributed by atoms with Gasteiger partial charge in [-0.1, -0.05) is 12.1 Å². The predicted octanol–water partition coefficient (Wildman–Crippen LogP) is 4.34. The highest BCUT2D eigenvalue weighted by Crippen LogP contribution is 2.21. The van der Waals surface area contributed by atoms with E-state index in [0.29, 0.717) is 13.2 Å². The Morgan fingerprint density at radius 1 is 0.889 bits per heavy atom. The average Bonchev–Trinajstić information content (AvgIpc) is 2.69. The largest absolute Gasteiger partial charge is 0.497 e. The van der Waals surface area contributed by atoms with E-state index in [2.05, 4.69) is 52.6 Å². The van der Waals surface area contributed by atoms with Crippen LogP contribution in [0.25, 0.3) is 0 Å². The SMILES string of the molecule is COc1ccc(OCCNc2cc(Nc3cc(C)ccc3C)ncn2)cc1. The van der Waals surface area contributed by atoms with Crippen molar-refractivity contribution >= 4 is 17.3 Å².